The molecule has 0 fully saturated rings. The van der Waals surface area contributed by atoms with Gasteiger partial charge in [0, 0.05) is 24.6 Å². The van der Waals surface area contributed by atoms with E-state index in [1.54, 1.807) is 0 Å². The van der Waals surface area contributed by atoms with Crippen molar-refractivity contribution >= 4 is 0 Å². The number of hydroxylamine groups is 2. The third-order valence-corrected chi connectivity index (χ3v) is 4.47. The van der Waals surface area contributed by atoms with Gasteiger partial charge in [0.05, 0.1) is 0 Å². The van der Waals surface area contributed by atoms with Gasteiger partial charge in [-0.3, -0.25) is 0 Å². The summed E-state index contributed by atoms with van der Waals surface area (Å²) in [4.78, 5) is 0. The van der Waals surface area contributed by atoms with Gasteiger partial charge in [-0.1, -0.05) is 50.2 Å². The van der Waals surface area contributed by atoms with E-state index in [9.17, 15) is 5.21 Å². The summed E-state index contributed by atoms with van der Waals surface area (Å²) < 4.78 is 6.04. The molecule has 0 radical (unpaired) electrons. The quantitative estimate of drug-likeness (QED) is 0.866. The summed E-state index contributed by atoms with van der Waals surface area (Å²) in [6.07, 6.45) is 0.822. The highest BCUT2D eigenvalue weighted by molar-refractivity contribution is 5.47. The lowest BCUT2D eigenvalue weighted by Crippen LogP contribution is -2.21. The van der Waals surface area contributed by atoms with Gasteiger partial charge in [-0.15, -0.1) is 0 Å². The molecule has 0 bridgehead atoms. The smallest absolute Gasteiger partial charge is 0.123 e. The monoisotopic (exact) mass is 297 g/mol. The lowest BCUT2D eigenvalue weighted by Gasteiger charge is -2.16. The Labute approximate surface area is 132 Å². The average molecular weight is 297 g/mol. The van der Waals surface area contributed by atoms with E-state index < -0.39 is 0 Å². The Morgan fingerprint density at radius 3 is 2.82 bits per heavy atom. The number of nitrogens with zero attached hydrogens (tertiary/aromatic N) is 1. The lowest BCUT2D eigenvalue weighted by molar-refractivity contribution is -0.0849. The fraction of sp³-hybridized carbons (Fsp3) is 0.368. The van der Waals surface area contributed by atoms with Crippen LogP contribution in [0.2, 0.25) is 0 Å². The van der Waals surface area contributed by atoms with Gasteiger partial charge in [0.25, 0.3) is 0 Å². The molecular weight excluding hydrogens is 274 g/mol. The molecule has 1 atom stereocenters. The van der Waals surface area contributed by atoms with Gasteiger partial charge in [-0.05, 0) is 29.2 Å². The van der Waals surface area contributed by atoms with Gasteiger partial charge in [0.2, 0.25) is 0 Å². The van der Waals surface area contributed by atoms with Crippen LogP contribution < -0.4 is 4.74 Å². The van der Waals surface area contributed by atoms with E-state index in [2.05, 4.69) is 49.4 Å². The predicted octanol–water partition coefficient (Wildman–Crippen LogP) is 3.98. The predicted molar refractivity (Wildman–Crippen MR) is 87.5 cm³/mol. The number of benzene rings is 2. The van der Waals surface area contributed by atoms with Crippen LogP contribution in [-0.4, -0.2) is 23.4 Å². The molecule has 0 amide bonds. The molecule has 116 valence electrons. The molecule has 0 aromatic heterocycles. The maximum Gasteiger partial charge on any atom is 0.123 e. The van der Waals surface area contributed by atoms with Crippen LogP contribution >= 0.6 is 0 Å². The van der Waals surface area contributed by atoms with Crippen LogP contribution in [0.4, 0.5) is 0 Å². The van der Waals surface area contributed by atoms with E-state index in [0.717, 1.165) is 12.2 Å². The SMILES string of the molecule is CCN(O)CCc1ccc2c(c1)OCc1ccccc1C2C. The Balaban J connectivity index is 1.85. The van der Waals surface area contributed by atoms with Crippen LogP contribution in [-0.2, 0) is 13.0 Å². The van der Waals surface area contributed by atoms with Gasteiger partial charge in [0.1, 0.15) is 12.4 Å². The molecule has 2 aromatic carbocycles. The highest BCUT2D eigenvalue weighted by Gasteiger charge is 2.21. The number of ether oxygens (including phenoxy) is 1. The van der Waals surface area contributed by atoms with Gasteiger partial charge < -0.3 is 9.94 Å². The van der Waals surface area contributed by atoms with Crippen LogP contribution in [0.3, 0.4) is 0 Å². The average Bonchev–Trinajstić information content (AvgIpc) is 2.70. The first-order valence-corrected chi connectivity index (χ1v) is 7.96. The molecule has 0 saturated heterocycles. The fourth-order valence-electron chi connectivity index (χ4n) is 3.04. The maximum absolute atomic E-state index is 9.57. The summed E-state index contributed by atoms with van der Waals surface area (Å²) in [5.41, 5.74) is 5.05. The van der Waals surface area contributed by atoms with Crippen molar-refractivity contribution in [2.45, 2.75) is 32.8 Å². The van der Waals surface area contributed by atoms with Crippen molar-refractivity contribution in [1.82, 2.24) is 5.06 Å². The summed E-state index contributed by atoms with van der Waals surface area (Å²) in [6.45, 7) is 6.09. The molecule has 3 nitrogen and oxygen atoms in total. The summed E-state index contributed by atoms with van der Waals surface area (Å²) in [7, 11) is 0. The number of likely N-dealkylation sites (N-methyl/N-ethyl adjacent to an activating group) is 1. The first-order chi connectivity index (χ1) is 10.7. The Hall–Kier alpha value is -1.84. The molecular formula is C19H23NO2. The maximum atomic E-state index is 9.57. The molecule has 0 saturated carbocycles. The largest absolute Gasteiger partial charge is 0.489 e. The molecule has 22 heavy (non-hydrogen) atoms. The van der Waals surface area contributed by atoms with Crippen molar-refractivity contribution in [2.24, 2.45) is 0 Å². The highest BCUT2D eigenvalue weighted by atomic mass is 16.5. The van der Waals surface area contributed by atoms with Gasteiger partial charge in [-0.2, -0.15) is 5.06 Å². The lowest BCUT2D eigenvalue weighted by atomic mass is 9.89. The van der Waals surface area contributed by atoms with Gasteiger partial charge in [0.15, 0.2) is 0 Å². The number of rotatable bonds is 4. The molecule has 1 unspecified atom stereocenters. The third kappa shape index (κ3) is 3.01. The molecule has 3 rings (SSSR count). The second-order valence-electron chi connectivity index (χ2n) is 5.88. The van der Waals surface area contributed by atoms with Crippen molar-refractivity contribution in [3.63, 3.8) is 0 Å². The van der Waals surface area contributed by atoms with Gasteiger partial charge in [-0.25, -0.2) is 0 Å². The van der Waals surface area contributed by atoms with Crippen molar-refractivity contribution in [2.75, 3.05) is 13.1 Å². The zero-order chi connectivity index (χ0) is 15.5. The van der Waals surface area contributed by atoms with Crippen molar-refractivity contribution in [3.05, 3.63) is 64.7 Å². The minimum Gasteiger partial charge on any atom is -0.489 e. The van der Waals surface area contributed by atoms with Crippen LogP contribution in [0, 0.1) is 0 Å². The van der Waals surface area contributed by atoms with E-state index in [1.807, 2.05) is 6.92 Å². The van der Waals surface area contributed by atoms with E-state index in [4.69, 9.17) is 4.74 Å². The van der Waals surface area contributed by atoms with Crippen molar-refractivity contribution in [1.29, 1.82) is 0 Å². The fourth-order valence-corrected chi connectivity index (χ4v) is 3.04. The van der Waals surface area contributed by atoms with E-state index >= 15 is 0 Å². The molecule has 1 aliphatic rings. The summed E-state index contributed by atoms with van der Waals surface area (Å²) in [6, 6.07) is 14.9. The zero-order valence-corrected chi connectivity index (χ0v) is 13.2. The van der Waals surface area contributed by atoms with E-state index in [-0.39, 0.29) is 0 Å². The van der Waals surface area contributed by atoms with Crippen LogP contribution in [0.15, 0.2) is 42.5 Å². The minimum atomic E-state index is 0.340. The number of hydrogen-bond donors (Lipinski definition) is 1. The van der Waals surface area contributed by atoms with Crippen LogP contribution in [0.1, 0.15) is 42.0 Å². The van der Waals surface area contributed by atoms with Crippen molar-refractivity contribution < 1.29 is 9.94 Å². The van der Waals surface area contributed by atoms with Crippen molar-refractivity contribution in [3.8, 4) is 5.75 Å². The number of fused-ring (bicyclic) bond motifs is 2. The minimum absolute atomic E-state index is 0.340. The summed E-state index contributed by atoms with van der Waals surface area (Å²) >= 11 is 0. The molecule has 2 aromatic rings. The number of hydrogen-bond acceptors (Lipinski definition) is 3. The summed E-state index contributed by atoms with van der Waals surface area (Å²) in [5.74, 6) is 1.31. The van der Waals surface area contributed by atoms with Gasteiger partial charge >= 0.3 is 0 Å². The third-order valence-electron chi connectivity index (χ3n) is 4.47. The molecule has 3 heteroatoms. The second kappa shape index (κ2) is 6.51. The Kier molecular flexibility index (Phi) is 4.46. The molecule has 0 aliphatic carbocycles. The Morgan fingerprint density at radius 2 is 2.00 bits per heavy atom. The second-order valence-corrected chi connectivity index (χ2v) is 5.88. The highest BCUT2D eigenvalue weighted by Crippen LogP contribution is 2.37. The zero-order valence-electron chi connectivity index (χ0n) is 13.2. The first kappa shape index (κ1) is 15.1. The molecule has 1 aliphatic heterocycles. The molecule has 0 spiro atoms. The standard InChI is InChI=1S/C19H23NO2/c1-3-20(21)11-10-15-8-9-18-14(2)17-7-5-4-6-16(17)13-22-19(18)12-15/h4-9,12,14,21H,3,10-11,13H2,1-2H3. The first-order valence-electron chi connectivity index (χ1n) is 7.96. The topological polar surface area (TPSA) is 32.7 Å². The van der Waals surface area contributed by atoms with Crippen LogP contribution in [0.5, 0.6) is 5.75 Å². The molecule has 1 heterocycles. The normalized spacial score (nSPS) is 16.6. The van der Waals surface area contributed by atoms with Crippen LogP contribution in [0.25, 0.3) is 0 Å². The summed E-state index contributed by atoms with van der Waals surface area (Å²) in [5, 5.41) is 10.9. The molecule has 1 N–H and O–H groups in total. The Bertz CT molecular complexity index is 654. The van der Waals surface area contributed by atoms with E-state index in [1.165, 1.54) is 27.3 Å². The van der Waals surface area contributed by atoms with E-state index in [0.29, 0.717) is 25.6 Å². The Morgan fingerprint density at radius 1 is 1.18 bits per heavy atom.